The summed E-state index contributed by atoms with van der Waals surface area (Å²) in [5.74, 6) is 0.0253. The highest BCUT2D eigenvalue weighted by Gasteiger charge is 2.12. The van der Waals surface area contributed by atoms with Gasteiger partial charge in [0.25, 0.3) is 5.91 Å². The van der Waals surface area contributed by atoms with Crippen LogP contribution in [0.4, 0.5) is 4.79 Å². The third-order valence-electron chi connectivity index (χ3n) is 3.85. The first-order valence-corrected chi connectivity index (χ1v) is 9.15. The fraction of sp³-hybridized carbons (Fsp3) is 0.550. The molecule has 1 aromatic rings. The number of hydrogen-bond donors (Lipinski definition) is 2. The maximum absolute atomic E-state index is 11.8. The van der Waals surface area contributed by atoms with Crippen LogP contribution in [0.15, 0.2) is 18.2 Å². The van der Waals surface area contributed by atoms with E-state index in [-0.39, 0.29) is 6.61 Å². The largest absolute Gasteiger partial charge is 0.482 e. The van der Waals surface area contributed by atoms with E-state index in [4.69, 9.17) is 9.47 Å². The molecule has 0 unspecified atom stereocenters. The zero-order chi connectivity index (χ0) is 20.4. The van der Waals surface area contributed by atoms with Crippen molar-refractivity contribution in [1.29, 1.82) is 0 Å². The number of imide groups is 1. The minimum Gasteiger partial charge on any atom is -0.482 e. The molecular weight excluding hydrogens is 348 g/mol. The van der Waals surface area contributed by atoms with Gasteiger partial charge in [0.15, 0.2) is 13.2 Å². The molecule has 0 bridgehead atoms. The number of ether oxygens (including phenoxy) is 2. The lowest BCUT2D eigenvalue weighted by molar-refractivity contribution is -0.150. The standard InChI is InChI=1S/C20H30N2O5/c1-13(2)8-9-21-20(25)22-18(23)11-27-19(24)12-26-17-10-16(14(3)4)7-6-15(17)5/h6-7,10,13-14H,8-9,11-12H2,1-5H3,(H2,21,22,23,25). The number of carbonyl (C=O) groups is 3. The number of nitrogens with one attached hydrogen (secondary N) is 2. The molecule has 0 aliphatic rings. The van der Waals surface area contributed by atoms with Crippen LogP contribution in [0, 0.1) is 12.8 Å². The second kappa shape index (κ2) is 11.2. The van der Waals surface area contributed by atoms with Gasteiger partial charge in [0.05, 0.1) is 0 Å². The number of benzene rings is 1. The monoisotopic (exact) mass is 378 g/mol. The molecule has 1 aromatic carbocycles. The van der Waals surface area contributed by atoms with Crippen molar-refractivity contribution in [2.24, 2.45) is 5.92 Å². The van der Waals surface area contributed by atoms with E-state index >= 15 is 0 Å². The Hall–Kier alpha value is -2.57. The maximum Gasteiger partial charge on any atom is 0.344 e. The van der Waals surface area contributed by atoms with E-state index in [1.54, 1.807) is 0 Å². The summed E-state index contributed by atoms with van der Waals surface area (Å²) in [6, 6.07) is 5.24. The average molecular weight is 378 g/mol. The molecular formula is C20H30N2O5. The van der Waals surface area contributed by atoms with Gasteiger partial charge in [0, 0.05) is 6.54 Å². The van der Waals surface area contributed by atoms with Crippen LogP contribution in [0.25, 0.3) is 0 Å². The number of rotatable bonds is 9. The minimum atomic E-state index is -0.691. The Morgan fingerprint density at radius 2 is 1.78 bits per heavy atom. The molecule has 0 saturated carbocycles. The summed E-state index contributed by atoms with van der Waals surface area (Å²) in [6.07, 6.45) is 0.811. The van der Waals surface area contributed by atoms with Crippen LogP contribution in [0.1, 0.15) is 51.2 Å². The lowest BCUT2D eigenvalue weighted by atomic mass is 10.0. The molecule has 0 aliphatic carbocycles. The van der Waals surface area contributed by atoms with Gasteiger partial charge < -0.3 is 14.8 Å². The van der Waals surface area contributed by atoms with E-state index < -0.39 is 24.5 Å². The molecule has 0 aromatic heterocycles. The molecule has 0 saturated heterocycles. The van der Waals surface area contributed by atoms with Crippen molar-refractivity contribution in [3.8, 4) is 5.75 Å². The average Bonchev–Trinajstić information content (AvgIpc) is 2.58. The Bertz CT molecular complexity index is 656. The molecule has 3 amide bonds. The van der Waals surface area contributed by atoms with Crippen molar-refractivity contribution < 1.29 is 23.9 Å². The summed E-state index contributed by atoms with van der Waals surface area (Å²) in [4.78, 5) is 34.9. The zero-order valence-electron chi connectivity index (χ0n) is 16.8. The van der Waals surface area contributed by atoms with Gasteiger partial charge >= 0.3 is 12.0 Å². The molecule has 0 fully saturated rings. The van der Waals surface area contributed by atoms with Crippen molar-refractivity contribution in [2.75, 3.05) is 19.8 Å². The SMILES string of the molecule is Cc1ccc(C(C)C)cc1OCC(=O)OCC(=O)NC(=O)NCCC(C)C. The molecule has 7 heteroatoms. The van der Waals surface area contributed by atoms with Gasteiger partial charge in [-0.3, -0.25) is 10.1 Å². The van der Waals surface area contributed by atoms with Gasteiger partial charge in [-0.2, -0.15) is 0 Å². The summed E-state index contributed by atoms with van der Waals surface area (Å²) in [5.41, 5.74) is 2.01. The molecule has 7 nitrogen and oxygen atoms in total. The Kier molecular flexibility index (Phi) is 9.33. The van der Waals surface area contributed by atoms with Crippen LogP contribution in [0.5, 0.6) is 5.75 Å². The zero-order valence-corrected chi connectivity index (χ0v) is 16.8. The number of carbonyl (C=O) groups excluding carboxylic acids is 3. The van der Waals surface area contributed by atoms with Crippen molar-refractivity contribution in [3.63, 3.8) is 0 Å². The first-order chi connectivity index (χ1) is 12.7. The third-order valence-corrected chi connectivity index (χ3v) is 3.85. The summed E-state index contributed by atoms with van der Waals surface area (Å²) >= 11 is 0. The van der Waals surface area contributed by atoms with E-state index in [0.717, 1.165) is 17.5 Å². The molecule has 0 atom stereocenters. The normalized spacial score (nSPS) is 10.6. The summed E-state index contributed by atoms with van der Waals surface area (Å²) in [6.45, 7) is 9.72. The van der Waals surface area contributed by atoms with Crippen LogP contribution >= 0.6 is 0 Å². The van der Waals surface area contributed by atoms with Crippen molar-refractivity contribution in [3.05, 3.63) is 29.3 Å². The molecule has 0 aliphatic heterocycles. The number of urea groups is 1. The van der Waals surface area contributed by atoms with Crippen molar-refractivity contribution in [2.45, 2.75) is 47.0 Å². The molecule has 1 rings (SSSR count). The van der Waals surface area contributed by atoms with Gasteiger partial charge in [0.1, 0.15) is 5.75 Å². The lowest BCUT2D eigenvalue weighted by Gasteiger charge is -2.12. The number of esters is 1. The quantitative estimate of drug-likeness (QED) is 0.645. The fourth-order valence-electron chi connectivity index (χ4n) is 2.14. The van der Waals surface area contributed by atoms with Crippen LogP contribution in [0.2, 0.25) is 0 Å². The van der Waals surface area contributed by atoms with Gasteiger partial charge in [-0.05, 0) is 42.4 Å². The molecule has 0 spiro atoms. The maximum atomic E-state index is 11.8. The van der Waals surface area contributed by atoms with Crippen molar-refractivity contribution in [1.82, 2.24) is 10.6 Å². The van der Waals surface area contributed by atoms with Crippen molar-refractivity contribution >= 4 is 17.9 Å². The van der Waals surface area contributed by atoms with Gasteiger partial charge in [-0.25, -0.2) is 9.59 Å². The Morgan fingerprint density at radius 1 is 1.07 bits per heavy atom. The first-order valence-electron chi connectivity index (χ1n) is 9.15. The summed E-state index contributed by atoms with van der Waals surface area (Å²) < 4.78 is 10.3. The van der Waals surface area contributed by atoms with Crippen LogP contribution in [-0.4, -0.2) is 37.7 Å². The molecule has 0 heterocycles. The molecule has 0 radical (unpaired) electrons. The number of aryl methyl sites for hydroxylation is 1. The third kappa shape index (κ3) is 9.08. The fourth-order valence-corrected chi connectivity index (χ4v) is 2.14. The Morgan fingerprint density at radius 3 is 2.41 bits per heavy atom. The number of amides is 3. The smallest absolute Gasteiger partial charge is 0.344 e. The first kappa shape index (κ1) is 22.5. The van der Waals surface area contributed by atoms with E-state index in [0.29, 0.717) is 24.1 Å². The molecule has 2 N–H and O–H groups in total. The van der Waals surface area contributed by atoms with E-state index in [1.165, 1.54) is 0 Å². The Labute approximate surface area is 160 Å². The van der Waals surface area contributed by atoms with Crippen LogP contribution < -0.4 is 15.4 Å². The predicted molar refractivity (Wildman–Crippen MR) is 103 cm³/mol. The highest BCUT2D eigenvalue weighted by molar-refractivity contribution is 5.95. The second-order valence-corrected chi connectivity index (χ2v) is 7.12. The van der Waals surface area contributed by atoms with E-state index in [9.17, 15) is 14.4 Å². The second-order valence-electron chi connectivity index (χ2n) is 7.12. The predicted octanol–water partition coefficient (Wildman–Crippen LogP) is 2.91. The summed E-state index contributed by atoms with van der Waals surface area (Å²) in [5, 5.41) is 4.67. The van der Waals surface area contributed by atoms with Crippen LogP contribution in [0.3, 0.4) is 0 Å². The molecule has 27 heavy (non-hydrogen) atoms. The van der Waals surface area contributed by atoms with Gasteiger partial charge in [-0.15, -0.1) is 0 Å². The van der Waals surface area contributed by atoms with Gasteiger partial charge in [0.2, 0.25) is 0 Å². The highest BCUT2D eigenvalue weighted by atomic mass is 16.6. The Balaban J connectivity index is 2.34. The minimum absolute atomic E-state index is 0.309. The lowest BCUT2D eigenvalue weighted by Crippen LogP contribution is -2.42. The molecule has 150 valence electrons. The number of hydrogen-bond acceptors (Lipinski definition) is 5. The van der Waals surface area contributed by atoms with Gasteiger partial charge in [-0.1, -0.05) is 39.8 Å². The van der Waals surface area contributed by atoms with E-state index in [2.05, 4.69) is 24.5 Å². The van der Waals surface area contributed by atoms with E-state index in [1.807, 2.05) is 39.0 Å². The highest BCUT2D eigenvalue weighted by Crippen LogP contribution is 2.24. The van der Waals surface area contributed by atoms with Crippen LogP contribution in [-0.2, 0) is 14.3 Å². The topological polar surface area (TPSA) is 93.7 Å². The summed E-state index contributed by atoms with van der Waals surface area (Å²) in [7, 11) is 0.